The SMILES string of the molecule is COc1cccc(Nc2ccc(C(=O)NCc3ccccc3Cl)nn2)c1. The average molecular weight is 369 g/mol. The van der Waals surface area contributed by atoms with Gasteiger partial charge in [0.2, 0.25) is 0 Å². The number of rotatable bonds is 6. The highest BCUT2D eigenvalue weighted by molar-refractivity contribution is 6.31. The van der Waals surface area contributed by atoms with Gasteiger partial charge in [-0.3, -0.25) is 4.79 Å². The van der Waals surface area contributed by atoms with Crippen LogP contribution in [0.3, 0.4) is 0 Å². The van der Waals surface area contributed by atoms with Crippen LogP contribution in [0.4, 0.5) is 11.5 Å². The highest BCUT2D eigenvalue weighted by atomic mass is 35.5. The molecule has 0 aliphatic heterocycles. The van der Waals surface area contributed by atoms with Crippen molar-refractivity contribution >= 4 is 29.0 Å². The van der Waals surface area contributed by atoms with Crippen LogP contribution >= 0.6 is 11.6 Å². The van der Waals surface area contributed by atoms with Gasteiger partial charge < -0.3 is 15.4 Å². The molecular weight excluding hydrogens is 352 g/mol. The normalized spacial score (nSPS) is 10.2. The summed E-state index contributed by atoms with van der Waals surface area (Å²) in [5.41, 5.74) is 1.88. The van der Waals surface area contributed by atoms with Crippen molar-refractivity contribution in [1.29, 1.82) is 0 Å². The topological polar surface area (TPSA) is 76.1 Å². The molecule has 1 heterocycles. The van der Waals surface area contributed by atoms with E-state index in [0.29, 0.717) is 17.4 Å². The Morgan fingerprint density at radius 3 is 2.65 bits per heavy atom. The number of nitrogens with one attached hydrogen (secondary N) is 2. The van der Waals surface area contributed by atoms with Gasteiger partial charge >= 0.3 is 0 Å². The Hall–Kier alpha value is -3.12. The van der Waals surface area contributed by atoms with Crippen LogP contribution in [0.15, 0.2) is 60.7 Å². The number of hydrogen-bond donors (Lipinski definition) is 2. The Kier molecular flexibility index (Phi) is 5.66. The summed E-state index contributed by atoms with van der Waals surface area (Å²) in [5.74, 6) is 0.949. The van der Waals surface area contributed by atoms with Crippen molar-refractivity contribution in [3.63, 3.8) is 0 Å². The molecule has 7 heteroatoms. The molecule has 0 aliphatic rings. The predicted octanol–water partition coefficient (Wildman–Crippen LogP) is 3.81. The molecule has 1 aromatic heterocycles. The van der Waals surface area contributed by atoms with Crippen LogP contribution in [0.5, 0.6) is 5.75 Å². The second-order valence-electron chi connectivity index (χ2n) is 5.43. The van der Waals surface area contributed by atoms with Gasteiger partial charge in [0.25, 0.3) is 5.91 Å². The van der Waals surface area contributed by atoms with Gasteiger partial charge in [-0.2, -0.15) is 0 Å². The molecule has 0 bridgehead atoms. The van der Waals surface area contributed by atoms with Crippen LogP contribution in [-0.4, -0.2) is 23.2 Å². The molecule has 26 heavy (non-hydrogen) atoms. The Balaban J connectivity index is 1.61. The fourth-order valence-electron chi connectivity index (χ4n) is 2.28. The summed E-state index contributed by atoms with van der Waals surface area (Å²) in [6, 6.07) is 18.1. The molecule has 1 amide bonds. The monoisotopic (exact) mass is 368 g/mol. The first-order valence-electron chi connectivity index (χ1n) is 7.92. The van der Waals surface area contributed by atoms with Crippen molar-refractivity contribution in [2.45, 2.75) is 6.54 Å². The summed E-state index contributed by atoms with van der Waals surface area (Å²) in [6.45, 7) is 0.323. The molecule has 2 aromatic carbocycles. The van der Waals surface area contributed by atoms with Crippen molar-refractivity contribution in [2.24, 2.45) is 0 Å². The van der Waals surface area contributed by atoms with E-state index in [0.717, 1.165) is 17.0 Å². The largest absolute Gasteiger partial charge is 0.497 e. The molecule has 0 fully saturated rings. The van der Waals surface area contributed by atoms with E-state index in [1.54, 1.807) is 25.3 Å². The van der Waals surface area contributed by atoms with E-state index in [-0.39, 0.29) is 11.6 Å². The number of halogens is 1. The van der Waals surface area contributed by atoms with Gasteiger partial charge in [-0.15, -0.1) is 10.2 Å². The predicted molar refractivity (Wildman–Crippen MR) is 101 cm³/mol. The number of aromatic nitrogens is 2. The maximum atomic E-state index is 12.2. The summed E-state index contributed by atoms with van der Waals surface area (Å²) in [6.07, 6.45) is 0. The number of anilines is 2. The van der Waals surface area contributed by atoms with Crippen LogP contribution in [0.2, 0.25) is 5.02 Å². The van der Waals surface area contributed by atoms with Crippen LogP contribution < -0.4 is 15.4 Å². The smallest absolute Gasteiger partial charge is 0.272 e. The summed E-state index contributed by atoms with van der Waals surface area (Å²) in [4.78, 5) is 12.2. The third kappa shape index (κ3) is 4.49. The zero-order valence-electron chi connectivity index (χ0n) is 14.1. The van der Waals surface area contributed by atoms with Gasteiger partial charge in [-0.1, -0.05) is 35.9 Å². The lowest BCUT2D eigenvalue weighted by Crippen LogP contribution is -2.24. The van der Waals surface area contributed by atoms with Crippen LogP contribution in [0.25, 0.3) is 0 Å². The van der Waals surface area contributed by atoms with Crippen molar-refractivity contribution in [2.75, 3.05) is 12.4 Å². The molecule has 2 N–H and O–H groups in total. The number of ether oxygens (including phenoxy) is 1. The van der Waals surface area contributed by atoms with E-state index in [2.05, 4.69) is 20.8 Å². The fourth-order valence-corrected chi connectivity index (χ4v) is 2.48. The lowest BCUT2D eigenvalue weighted by atomic mass is 10.2. The number of carbonyl (C=O) groups excluding carboxylic acids is 1. The Labute approximate surface area is 156 Å². The molecule has 0 saturated heterocycles. The highest BCUT2D eigenvalue weighted by Crippen LogP contribution is 2.20. The molecule has 3 aromatic rings. The first kappa shape index (κ1) is 17.7. The second kappa shape index (κ2) is 8.31. The molecule has 0 radical (unpaired) electrons. The maximum absolute atomic E-state index is 12.2. The molecule has 0 spiro atoms. The van der Waals surface area contributed by atoms with E-state index >= 15 is 0 Å². The Morgan fingerprint density at radius 1 is 1.08 bits per heavy atom. The Bertz CT molecular complexity index is 900. The number of amides is 1. The highest BCUT2D eigenvalue weighted by Gasteiger charge is 2.09. The van der Waals surface area contributed by atoms with Crippen LogP contribution in [0, 0.1) is 0 Å². The lowest BCUT2D eigenvalue weighted by molar-refractivity contribution is 0.0945. The van der Waals surface area contributed by atoms with Crippen molar-refractivity contribution in [3.05, 3.63) is 76.9 Å². The summed E-state index contributed by atoms with van der Waals surface area (Å²) in [7, 11) is 1.61. The van der Waals surface area contributed by atoms with Gasteiger partial charge in [0.15, 0.2) is 11.5 Å². The molecule has 0 saturated carbocycles. The second-order valence-corrected chi connectivity index (χ2v) is 5.84. The van der Waals surface area contributed by atoms with Gasteiger partial charge in [-0.05, 0) is 35.9 Å². The van der Waals surface area contributed by atoms with Gasteiger partial charge in [-0.25, -0.2) is 0 Å². The molecule has 0 atom stereocenters. The quantitative estimate of drug-likeness (QED) is 0.691. The van der Waals surface area contributed by atoms with Crippen LogP contribution in [-0.2, 0) is 6.54 Å². The molecule has 132 valence electrons. The van der Waals surface area contributed by atoms with E-state index in [1.165, 1.54) is 0 Å². The standard InChI is InChI=1S/C19H17ClN4O2/c1-26-15-7-4-6-14(11-15)22-18-10-9-17(23-24-18)19(25)21-12-13-5-2-3-8-16(13)20/h2-11H,12H2,1H3,(H,21,25)(H,22,24). The Morgan fingerprint density at radius 2 is 1.92 bits per heavy atom. The zero-order valence-corrected chi connectivity index (χ0v) is 14.8. The molecular formula is C19H17ClN4O2. The number of hydrogen-bond acceptors (Lipinski definition) is 5. The summed E-state index contributed by atoms with van der Waals surface area (Å²) >= 11 is 6.08. The fraction of sp³-hybridized carbons (Fsp3) is 0.105. The van der Waals surface area contributed by atoms with E-state index in [9.17, 15) is 4.79 Å². The summed E-state index contributed by atoms with van der Waals surface area (Å²) in [5, 5.41) is 14.5. The zero-order chi connectivity index (χ0) is 18.4. The maximum Gasteiger partial charge on any atom is 0.272 e. The molecule has 3 rings (SSSR count). The van der Waals surface area contributed by atoms with E-state index < -0.39 is 0 Å². The van der Waals surface area contributed by atoms with Crippen molar-refractivity contribution in [3.8, 4) is 5.75 Å². The first-order chi connectivity index (χ1) is 12.7. The molecule has 0 unspecified atom stereocenters. The molecule has 0 aliphatic carbocycles. The number of benzene rings is 2. The number of nitrogens with zero attached hydrogens (tertiary/aromatic N) is 2. The minimum Gasteiger partial charge on any atom is -0.497 e. The number of methoxy groups -OCH3 is 1. The lowest BCUT2D eigenvalue weighted by Gasteiger charge is -2.08. The van der Waals surface area contributed by atoms with E-state index in [4.69, 9.17) is 16.3 Å². The average Bonchev–Trinajstić information content (AvgIpc) is 2.68. The minimum atomic E-state index is -0.314. The first-order valence-corrected chi connectivity index (χ1v) is 8.30. The van der Waals surface area contributed by atoms with Gasteiger partial charge in [0.05, 0.1) is 7.11 Å². The van der Waals surface area contributed by atoms with E-state index in [1.807, 2.05) is 42.5 Å². The third-order valence-corrected chi connectivity index (χ3v) is 4.01. The van der Waals surface area contributed by atoms with Crippen molar-refractivity contribution < 1.29 is 9.53 Å². The van der Waals surface area contributed by atoms with Crippen molar-refractivity contribution in [1.82, 2.24) is 15.5 Å². The van der Waals surface area contributed by atoms with Gasteiger partial charge in [0, 0.05) is 23.3 Å². The van der Waals surface area contributed by atoms with Gasteiger partial charge in [0.1, 0.15) is 5.75 Å². The number of carbonyl (C=O) groups is 1. The summed E-state index contributed by atoms with van der Waals surface area (Å²) < 4.78 is 5.18. The van der Waals surface area contributed by atoms with Crippen LogP contribution in [0.1, 0.15) is 16.1 Å². The third-order valence-electron chi connectivity index (χ3n) is 3.64. The minimum absolute atomic E-state index is 0.230. The molecule has 6 nitrogen and oxygen atoms in total.